The SMILES string of the molecule is Cc1ccc(F)cc1-c1nc(CCN(C)c2ccncc2)cn1-c1ccc(Cl)cc1. The summed E-state index contributed by atoms with van der Waals surface area (Å²) in [5, 5.41) is 0.668. The number of anilines is 1. The molecule has 2 heterocycles. The number of nitrogens with zero attached hydrogens (tertiary/aromatic N) is 4. The number of benzene rings is 2. The Morgan fingerprint density at radius 3 is 2.50 bits per heavy atom. The van der Waals surface area contributed by atoms with Gasteiger partial charge < -0.3 is 4.90 Å². The summed E-state index contributed by atoms with van der Waals surface area (Å²) in [6.45, 7) is 2.76. The van der Waals surface area contributed by atoms with Crippen molar-refractivity contribution in [1.82, 2.24) is 14.5 Å². The van der Waals surface area contributed by atoms with Crippen molar-refractivity contribution in [3.63, 3.8) is 0 Å². The molecule has 2 aromatic carbocycles. The van der Waals surface area contributed by atoms with Crippen LogP contribution in [0.15, 0.2) is 73.2 Å². The molecule has 4 aromatic rings. The standard InChI is InChI=1S/C24H22ClFN4/c1-17-3-6-19(26)15-23(17)24-28-20(11-14-29(2)21-9-12-27-13-10-21)16-30(24)22-7-4-18(25)5-8-22/h3-10,12-13,15-16H,11,14H2,1-2H3. The van der Waals surface area contributed by atoms with Crippen molar-refractivity contribution in [2.24, 2.45) is 0 Å². The highest BCUT2D eigenvalue weighted by molar-refractivity contribution is 6.30. The highest BCUT2D eigenvalue weighted by Gasteiger charge is 2.15. The van der Waals surface area contributed by atoms with Gasteiger partial charge in [-0.1, -0.05) is 17.7 Å². The summed E-state index contributed by atoms with van der Waals surface area (Å²) in [4.78, 5) is 11.1. The highest BCUT2D eigenvalue weighted by atomic mass is 35.5. The monoisotopic (exact) mass is 420 g/mol. The van der Waals surface area contributed by atoms with Gasteiger partial charge in [0.05, 0.1) is 5.69 Å². The second-order valence-electron chi connectivity index (χ2n) is 7.24. The summed E-state index contributed by atoms with van der Waals surface area (Å²) in [7, 11) is 2.04. The van der Waals surface area contributed by atoms with Crippen LogP contribution in [0.25, 0.3) is 17.1 Å². The summed E-state index contributed by atoms with van der Waals surface area (Å²) in [6.07, 6.45) is 6.34. The number of hydrogen-bond donors (Lipinski definition) is 0. The third-order valence-corrected chi connectivity index (χ3v) is 5.36. The molecule has 0 saturated carbocycles. The molecule has 0 fully saturated rings. The van der Waals surface area contributed by atoms with Gasteiger partial charge in [-0.05, 0) is 61.0 Å². The van der Waals surface area contributed by atoms with Gasteiger partial charge in [0, 0.05) is 60.6 Å². The number of imidazole rings is 1. The zero-order valence-corrected chi connectivity index (χ0v) is 17.6. The smallest absolute Gasteiger partial charge is 0.145 e. The van der Waals surface area contributed by atoms with E-state index in [0.717, 1.165) is 47.0 Å². The highest BCUT2D eigenvalue weighted by Crippen LogP contribution is 2.28. The van der Waals surface area contributed by atoms with Gasteiger partial charge in [-0.15, -0.1) is 0 Å². The molecule has 0 amide bonds. The zero-order valence-electron chi connectivity index (χ0n) is 16.9. The number of aromatic nitrogens is 3. The summed E-state index contributed by atoms with van der Waals surface area (Å²) in [6, 6.07) is 16.3. The van der Waals surface area contributed by atoms with Gasteiger partial charge in [-0.2, -0.15) is 0 Å². The first-order chi connectivity index (χ1) is 14.5. The van der Waals surface area contributed by atoms with E-state index in [1.165, 1.54) is 12.1 Å². The number of halogens is 2. The second-order valence-corrected chi connectivity index (χ2v) is 7.67. The molecule has 4 rings (SSSR count). The van der Waals surface area contributed by atoms with Crippen molar-refractivity contribution in [1.29, 1.82) is 0 Å². The number of aryl methyl sites for hydroxylation is 1. The third kappa shape index (κ3) is 4.36. The van der Waals surface area contributed by atoms with E-state index < -0.39 is 0 Å². The molecule has 0 N–H and O–H groups in total. The Morgan fingerprint density at radius 1 is 1.03 bits per heavy atom. The van der Waals surface area contributed by atoms with Crippen molar-refractivity contribution >= 4 is 17.3 Å². The van der Waals surface area contributed by atoms with E-state index in [2.05, 4.69) is 9.88 Å². The van der Waals surface area contributed by atoms with Crippen molar-refractivity contribution in [2.45, 2.75) is 13.3 Å². The van der Waals surface area contributed by atoms with E-state index in [9.17, 15) is 4.39 Å². The minimum absolute atomic E-state index is 0.278. The molecule has 0 unspecified atom stereocenters. The van der Waals surface area contributed by atoms with E-state index in [4.69, 9.17) is 16.6 Å². The van der Waals surface area contributed by atoms with Crippen LogP contribution in [0.1, 0.15) is 11.3 Å². The number of hydrogen-bond acceptors (Lipinski definition) is 3. The van der Waals surface area contributed by atoms with Crippen LogP contribution in [0.3, 0.4) is 0 Å². The van der Waals surface area contributed by atoms with Gasteiger partial charge in [0.15, 0.2) is 0 Å². The van der Waals surface area contributed by atoms with Crippen molar-refractivity contribution in [3.05, 3.63) is 95.3 Å². The first-order valence-corrected chi connectivity index (χ1v) is 10.1. The third-order valence-electron chi connectivity index (χ3n) is 5.11. The fraction of sp³-hybridized carbons (Fsp3) is 0.167. The average molecular weight is 421 g/mol. The van der Waals surface area contributed by atoms with Crippen LogP contribution in [-0.2, 0) is 6.42 Å². The average Bonchev–Trinajstić information content (AvgIpc) is 3.19. The molecule has 0 aliphatic rings. The first kappa shape index (κ1) is 20.1. The van der Waals surface area contributed by atoms with Gasteiger partial charge in [0.1, 0.15) is 11.6 Å². The second kappa shape index (κ2) is 8.67. The van der Waals surface area contributed by atoms with Crippen LogP contribution in [0.4, 0.5) is 10.1 Å². The molecule has 0 bridgehead atoms. The summed E-state index contributed by atoms with van der Waals surface area (Å²) < 4.78 is 16.0. The maximum absolute atomic E-state index is 14.0. The molecule has 6 heteroatoms. The van der Waals surface area contributed by atoms with E-state index in [-0.39, 0.29) is 5.82 Å². The van der Waals surface area contributed by atoms with Crippen LogP contribution < -0.4 is 4.90 Å². The quantitative estimate of drug-likeness (QED) is 0.400. The molecule has 0 radical (unpaired) electrons. The molecule has 2 aromatic heterocycles. The van der Waals surface area contributed by atoms with Crippen LogP contribution in [0.2, 0.25) is 5.02 Å². The molecule has 30 heavy (non-hydrogen) atoms. The lowest BCUT2D eigenvalue weighted by molar-refractivity contribution is 0.627. The van der Waals surface area contributed by atoms with Crippen molar-refractivity contribution in [3.8, 4) is 17.1 Å². The molecule has 0 saturated heterocycles. The van der Waals surface area contributed by atoms with Crippen LogP contribution >= 0.6 is 11.6 Å². The van der Waals surface area contributed by atoms with Crippen LogP contribution in [-0.4, -0.2) is 28.1 Å². The minimum Gasteiger partial charge on any atom is -0.374 e. The topological polar surface area (TPSA) is 34.0 Å². The summed E-state index contributed by atoms with van der Waals surface area (Å²) >= 11 is 6.07. The molecule has 0 spiro atoms. The molecular weight excluding hydrogens is 399 g/mol. The Morgan fingerprint density at radius 2 is 1.77 bits per heavy atom. The van der Waals surface area contributed by atoms with E-state index in [0.29, 0.717) is 5.02 Å². The fourth-order valence-electron chi connectivity index (χ4n) is 3.38. The molecule has 0 atom stereocenters. The maximum Gasteiger partial charge on any atom is 0.145 e. The zero-order chi connectivity index (χ0) is 21.1. The Bertz CT molecular complexity index is 1140. The summed E-state index contributed by atoms with van der Waals surface area (Å²) in [5.74, 6) is 0.441. The lowest BCUT2D eigenvalue weighted by Gasteiger charge is -2.18. The Kier molecular flexibility index (Phi) is 5.81. The van der Waals surface area contributed by atoms with Gasteiger partial charge >= 0.3 is 0 Å². The number of likely N-dealkylation sites (N-methyl/N-ethyl adjacent to an activating group) is 1. The maximum atomic E-state index is 14.0. The van der Waals surface area contributed by atoms with Gasteiger partial charge in [0.2, 0.25) is 0 Å². The van der Waals surface area contributed by atoms with Gasteiger partial charge in [-0.3, -0.25) is 9.55 Å². The number of pyridine rings is 1. The molecule has 0 aliphatic heterocycles. The van der Waals surface area contributed by atoms with Crippen LogP contribution in [0, 0.1) is 12.7 Å². The minimum atomic E-state index is -0.278. The fourth-order valence-corrected chi connectivity index (χ4v) is 3.51. The van der Waals surface area contributed by atoms with E-state index >= 15 is 0 Å². The first-order valence-electron chi connectivity index (χ1n) is 9.73. The van der Waals surface area contributed by atoms with Crippen molar-refractivity contribution < 1.29 is 4.39 Å². The van der Waals surface area contributed by atoms with Crippen LogP contribution in [0.5, 0.6) is 0 Å². The predicted molar refractivity (Wildman–Crippen MR) is 120 cm³/mol. The molecule has 4 nitrogen and oxygen atoms in total. The normalized spacial score (nSPS) is 10.9. The van der Waals surface area contributed by atoms with E-state index in [1.807, 2.05) is 61.1 Å². The van der Waals surface area contributed by atoms with Gasteiger partial charge in [0.25, 0.3) is 0 Å². The van der Waals surface area contributed by atoms with Gasteiger partial charge in [-0.25, -0.2) is 9.37 Å². The lowest BCUT2D eigenvalue weighted by Crippen LogP contribution is -2.20. The number of rotatable bonds is 6. The summed E-state index contributed by atoms with van der Waals surface area (Å²) in [5.41, 5.74) is 4.71. The molecule has 152 valence electrons. The Hall–Kier alpha value is -3.18. The molecular formula is C24H22ClFN4. The lowest BCUT2D eigenvalue weighted by atomic mass is 10.1. The van der Waals surface area contributed by atoms with Crippen molar-refractivity contribution in [2.75, 3.05) is 18.5 Å². The van der Waals surface area contributed by atoms with E-state index in [1.54, 1.807) is 18.5 Å². The Balaban J connectivity index is 1.69. The largest absolute Gasteiger partial charge is 0.374 e. The predicted octanol–water partition coefficient (Wildman–Crippen LogP) is 5.71. The Labute approximate surface area is 180 Å². The molecule has 0 aliphatic carbocycles.